The van der Waals surface area contributed by atoms with Crippen LogP contribution >= 0.6 is 0 Å². The van der Waals surface area contributed by atoms with Crippen LogP contribution in [0.25, 0.3) is 0 Å². The van der Waals surface area contributed by atoms with Gasteiger partial charge in [0.15, 0.2) is 11.5 Å². The second kappa shape index (κ2) is 7.11. The van der Waals surface area contributed by atoms with Gasteiger partial charge in [0.1, 0.15) is 0 Å². The maximum atomic E-state index is 12.1. The zero-order valence-electron chi connectivity index (χ0n) is 14.2. The molecule has 0 bridgehead atoms. The van der Waals surface area contributed by atoms with Crippen LogP contribution < -0.4 is 14.8 Å². The Balaban J connectivity index is 1.54. The second-order valence-electron chi connectivity index (χ2n) is 6.46. The number of rotatable bonds is 7. The van der Waals surface area contributed by atoms with Gasteiger partial charge in [0.05, 0.1) is 20.1 Å². The highest BCUT2D eigenvalue weighted by Gasteiger charge is 2.36. The fourth-order valence-electron chi connectivity index (χ4n) is 3.01. The first-order valence-electron chi connectivity index (χ1n) is 8.39. The van der Waals surface area contributed by atoms with Gasteiger partial charge in [0.2, 0.25) is 11.8 Å². The van der Waals surface area contributed by atoms with Gasteiger partial charge in [-0.1, -0.05) is 6.07 Å². The maximum Gasteiger partial charge on any atom is 0.225 e. The van der Waals surface area contributed by atoms with Crippen LogP contribution in [-0.2, 0) is 16.0 Å². The van der Waals surface area contributed by atoms with E-state index in [1.165, 1.54) is 0 Å². The average molecular weight is 332 g/mol. The Morgan fingerprint density at radius 1 is 1.25 bits per heavy atom. The van der Waals surface area contributed by atoms with Gasteiger partial charge in [0.25, 0.3) is 0 Å². The highest BCUT2D eigenvalue weighted by molar-refractivity contribution is 5.89. The quantitative estimate of drug-likeness (QED) is 0.819. The van der Waals surface area contributed by atoms with Crippen LogP contribution in [0.2, 0.25) is 0 Å². The van der Waals surface area contributed by atoms with Crippen molar-refractivity contribution < 1.29 is 19.1 Å². The fraction of sp³-hybridized carbons (Fsp3) is 0.556. The molecule has 1 aromatic rings. The first kappa shape index (κ1) is 16.6. The van der Waals surface area contributed by atoms with E-state index in [9.17, 15) is 9.59 Å². The van der Waals surface area contributed by atoms with E-state index in [-0.39, 0.29) is 17.7 Å². The first-order chi connectivity index (χ1) is 11.6. The van der Waals surface area contributed by atoms with Crippen LogP contribution in [0.3, 0.4) is 0 Å². The van der Waals surface area contributed by atoms with Crippen LogP contribution in [0.5, 0.6) is 11.5 Å². The van der Waals surface area contributed by atoms with Gasteiger partial charge in [-0.2, -0.15) is 0 Å². The van der Waals surface area contributed by atoms with E-state index in [1.807, 2.05) is 18.2 Å². The van der Waals surface area contributed by atoms with Gasteiger partial charge in [0, 0.05) is 25.6 Å². The molecule has 3 rings (SSSR count). The molecule has 1 aromatic carbocycles. The van der Waals surface area contributed by atoms with Crippen molar-refractivity contribution in [1.29, 1.82) is 0 Å². The molecular weight excluding hydrogens is 308 g/mol. The van der Waals surface area contributed by atoms with Crippen molar-refractivity contribution >= 4 is 11.8 Å². The summed E-state index contributed by atoms with van der Waals surface area (Å²) in [6, 6.07) is 6.11. The van der Waals surface area contributed by atoms with Crippen LogP contribution in [0.15, 0.2) is 18.2 Å². The highest BCUT2D eigenvalue weighted by Crippen LogP contribution is 2.28. The van der Waals surface area contributed by atoms with Crippen molar-refractivity contribution in [2.75, 3.05) is 27.3 Å². The number of amides is 2. The SMILES string of the molecule is COc1ccc(CCN2C[C@H](C(=O)NC3CC3)CC2=O)cc1OC. The van der Waals surface area contributed by atoms with Crippen molar-refractivity contribution in [3.63, 3.8) is 0 Å². The topological polar surface area (TPSA) is 67.9 Å². The summed E-state index contributed by atoms with van der Waals surface area (Å²) in [7, 11) is 3.21. The van der Waals surface area contributed by atoms with Crippen molar-refractivity contribution in [1.82, 2.24) is 10.2 Å². The summed E-state index contributed by atoms with van der Waals surface area (Å²) in [5, 5.41) is 2.99. The minimum Gasteiger partial charge on any atom is -0.493 e. The molecule has 2 aliphatic rings. The van der Waals surface area contributed by atoms with Crippen molar-refractivity contribution in [3.8, 4) is 11.5 Å². The lowest BCUT2D eigenvalue weighted by atomic mass is 10.1. The zero-order chi connectivity index (χ0) is 17.1. The van der Waals surface area contributed by atoms with E-state index in [2.05, 4.69) is 5.32 Å². The average Bonchev–Trinajstić information content (AvgIpc) is 3.33. The standard InChI is InChI=1S/C18H24N2O4/c1-23-15-6-3-12(9-16(15)24-2)7-8-20-11-13(10-17(20)21)18(22)19-14-4-5-14/h3,6,9,13-14H,4-5,7-8,10-11H2,1-2H3,(H,19,22)/t13-/m1/s1. The molecule has 0 aromatic heterocycles. The summed E-state index contributed by atoms with van der Waals surface area (Å²) in [6.07, 6.45) is 3.18. The minimum absolute atomic E-state index is 0.0273. The van der Waals surface area contributed by atoms with Crippen LogP contribution in [0, 0.1) is 5.92 Å². The number of carbonyl (C=O) groups excluding carboxylic acids is 2. The predicted molar refractivity (Wildman–Crippen MR) is 89.1 cm³/mol. The Morgan fingerprint density at radius 2 is 2.00 bits per heavy atom. The van der Waals surface area contributed by atoms with E-state index in [0.717, 1.165) is 24.8 Å². The molecule has 1 aliphatic heterocycles. The molecule has 1 atom stereocenters. The number of carbonyl (C=O) groups is 2. The van der Waals surface area contributed by atoms with E-state index in [1.54, 1.807) is 19.1 Å². The molecule has 1 N–H and O–H groups in total. The maximum absolute atomic E-state index is 12.1. The molecule has 2 fully saturated rings. The van der Waals surface area contributed by atoms with E-state index in [0.29, 0.717) is 37.1 Å². The Hall–Kier alpha value is -2.24. The third kappa shape index (κ3) is 3.80. The van der Waals surface area contributed by atoms with Gasteiger partial charge in [-0.25, -0.2) is 0 Å². The summed E-state index contributed by atoms with van der Waals surface area (Å²) < 4.78 is 10.5. The lowest BCUT2D eigenvalue weighted by molar-refractivity contribution is -0.129. The predicted octanol–water partition coefficient (Wildman–Crippen LogP) is 1.37. The number of nitrogens with zero attached hydrogens (tertiary/aromatic N) is 1. The van der Waals surface area contributed by atoms with Crippen molar-refractivity contribution in [3.05, 3.63) is 23.8 Å². The normalized spacial score (nSPS) is 20.2. The molecule has 130 valence electrons. The molecule has 0 radical (unpaired) electrons. The first-order valence-corrected chi connectivity index (χ1v) is 8.39. The van der Waals surface area contributed by atoms with Crippen molar-refractivity contribution in [2.45, 2.75) is 31.7 Å². The summed E-state index contributed by atoms with van der Waals surface area (Å²) in [5.41, 5.74) is 1.08. The fourth-order valence-corrected chi connectivity index (χ4v) is 3.01. The number of benzene rings is 1. The number of ether oxygens (including phenoxy) is 2. The summed E-state index contributed by atoms with van der Waals surface area (Å²) >= 11 is 0. The lowest BCUT2D eigenvalue weighted by Gasteiger charge is -2.17. The molecule has 24 heavy (non-hydrogen) atoms. The van der Waals surface area contributed by atoms with E-state index in [4.69, 9.17) is 9.47 Å². The Labute approximate surface area is 142 Å². The third-order valence-corrected chi connectivity index (χ3v) is 4.63. The van der Waals surface area contributed by atoms with Crippen LogP contribution in [-0.4, -0.2) is 50.1 Å². The summed E-state index contributed by atoms with van der Waals surface area (Å²) in [5.74, 6) is 1.26. The molecule has 6 heteroatoms. The number of methoxy groups -OCH3 is 2. The smallest absolute Gasteiger partial charge is 0.225 e. The Morgan fingerprint density at radius 3 is 2.67 bits per heavy atom. The van der Waals surface area contributed by atoms with Crippen molar-refractivity contribution in [2.24, 2.45) is 5.92 Å². The number of hydrogen-bond acceptors (Lipinski definition) is 4. The monoisotopic (exact) mass is 332 g/mol. The zero-order valence-corrected chi connectivity index (χ0v) is 14.2. The Bertz CT molecular complexity index is 627. The number of likely N-dealkylation sites (tertiary alicyclic amines) is 1. The molecule has 0 unspecified atom stereocenters. The molecule has 6 nitrogen and oxygen atoms in total. The summed E-state index contributed by atoms with van der Waals surface area (Å²) in [6.45, 7) is 1.13. The van der Waals surface area contributed by atoms with E-state index >= 15 is 0 Å². The molecule has 1 saturated heterocycles. The van der Waals surface area contributed by atoms with Gasteiger partial charge in [-0.05, 0) is 37.0 Å². The molecular formula is C18H24N2O4. The lowest BCUT2D eigenvalue weighted by Crippen LogP contribution is -2.34. The van der Waals surface area contributed by atoms with E-state index < -0.39 is 0 Å². The number of nitrogens with one attached hydrogen (secondary N) is 1. The number of hydrogen-bond donors (Lipinski definition) is 1. The Kier molecular flexibility index (Phi) is 4.92. The van der Waals surface area contributed by atoms with Gasteiger partial charge in [-0.15, -0.1) is 0 Å². The summed E-state index contributed by atoms with van der Waals surface area (Å²) in [4.78, 5) is 26.0. The second-order valence-corrected chi connectivity index (χ2v) is 6.46. The molecule has 1 aliphatic carbocycles. The molecule has 0 spiro atoms. The highest BCUT2D eigenvalue weighted by atomic mass is 16.5. The van der Waals surface area contributed by atoms with Gasteiger partial charge < -0.3 is 19.7 Å². The van der Waals surface area contributed by atoms with Gasteiger partial charge >= 0.3 is 0 Å². The largest absolute Gasteiger partial charge is 0.493 e. The minimum atomic E-state index is -0.205. The van der Waals surface area contributed by atoms with Crippen LogP contribution in [0.4, 0.5) is 0 Å². The molecule has 2 amide bonds. The van der Waals surface area contributed by atoms with Gasteiger partial charge in [-0.3, -0.25) is 9.59 Å². The van der Waals surface area contributed by atoms with Crippen LogP contribution in [0.1, 0.15) is 24.8 Å². The molecule has 1 heterocycles. The molecule has 1 saturated carbocycles. The third-order valence-electron chi connectivity index (χ3n) is 4.63.